The Labute approximate surface area is 214 Å². The van der Waals surface area contributed by atoms with Gasteiger partial charge in [-0.3, -0.25) is 13.9 Å². The van der Waals surface area contributed by atoms with Gasteiger partial charge < -0.3 is 10.2 Å². The van der Waals surface area contributed by atoms with Gasteiger partial charge in [0.2, 0.25) is 21.8 Å². The van der Waals surface area contributed by atoms with Gasteiger partial charge in [0.15, 0.2) is 0 Å². The third-order valence-corrected chi connectivity index (χ3v) is 7.33. The third kappa shape index (κ3) is 8.25. The van der Waals surface area contributed by atoms with Crippen LogP contribution in [0.1, 0.15) is 57.6 Å². The van der Waals surface area contributed by atoms with Crippen molar-refractivity contribution in [3.63, 3.8) is 0 Å². The SMILES string of the molecule is CCCCNC(=O)[C@H](C)N(Cc1ccccc1Cl)C(=O)CN(c1ccc(C(C)C)cc1)S(C)(=O)=O. The number of unbranched alkanes of at least 4 members (excludes halogenated alkanes) is 1. The number of carbonyl (C=O) groups excluding carboxylic acids is 2. The standard InChI is InChI=1S/C26H36ClN3O4S/c1-6-7-16-28-26(32)20(4)29(17-22-10-8-9-11-24(22)27)25(31)18-30(35(5,33)34)23-14-12-21(13-15-23)19(2)3/h8-15,19-20H,6-7,16-18H2,1-5H3,(H,28,32)/t20-/m0/s1. The summed E-state index contributed by atoms with van der Waals surface area (Å²) in [7, 11) is -3.76. The summed E-state index contributed by atoms with van der Waals surface area (Å²) in [4.78, 5) is 27.7. The van der Waals surface area contributed by atoms with Crippen molar-refractivity contribution in [2.24, 2.45) is 0 Å². The summed E-state index contributed by atoms with van der Waals surface area (Å²) in [6.45, 7) is 7.90. The van der Waals surface area contributed by atoms with Gasteiger partial charge >= 0.3 is 0 Å². The quantitative estimate of drug-likeness (QED) is 0.415. The van der Waals surface area contributed by atoms with E-state index in [1.54, 1.807) is 43.3 Å². The fourth-order valence-corrected chi connectivity index (χ4v) is 4.61. The number of sulfonamides is 1. The second-order valence-electron chi connectivity index (χ2n) is 8.95. The molecule has 2 aromatic rings. The highest BCUT2D eigenvalue weighted by molar-refractivity contribution is 7.92. The van der Waals surface area contributed by atoms with E-state index in [1.165, 1.54) is 4.90 Å². The molecule has 0 heterocycles. The van der Waals surface area contributed by atoms with Crippen molar-refractivity contribution in [2.75, 3.05) is 23.7 Å². The summed E-state index contributed by atoms with van der Waals surface area (Å²) in [5.74, 6) is -0.511. The molecule has 0 spiro atoms. The first kappa shape index (κ1) is 28.7. The summed E-state index contributed by atoms with van der Waals surface area (Å²) in [6.07, 6.45) is 2.82. The van der Waals surface area contributed by atoms with Crippen LogP contribution < -0.4 is 9.62 Å². The molecule has 35 heavy (non-hydrogen) atoms. The molecule has 0 saturated heterocycles. The van der Waals surface area contributed by atoms with Gasteiger partial charge in [-0.05, 0) is 48.6 Å². The van der Waals surface area contributed by atoms with Crippen molar-refractivity contribution in [3.05, 3.63) is 64.7 Å². The molecule has 2 rings (SSSR count). The van der Waals surface area contributed by atoms with E-state index in [0.717, 1.165) is 29.0 Å². The normalized spacial score (nSPS) is 12.3. The first-order valence-electron chi connectivity index (χ1n) is 11.8. The Hall–Kier alpha value is -2.58. The minimum absolute atomic E-state index is 0.0742. The maximum absolute atomic E-state index is 13.5. The van der Waals surface area contributed by atoms with E-state index in [4.69, 9.17) is 11.6 Å². The second kappa shape index (κ2) is 12.9. The highest BCUT2D eigenvalue weighted by atomic mass is 35.5. The Morgan fingerprint density at radius 2 is 1.66 bits per heavy atom. The number of nitrogens with zero attached hydrogens (tertiary/aromatic N) is 2. The average molecular weight is 522 g/mol. The van der Waals surface area contributed by atoms with Crippen LogP contribution in [0.3, 0.4) is 0 Å². The second-order valence-corrected chi connectivity index (χ2v) is 11.3. The fourth-order valence-electron chi connectivity index (χ4n) is 3.57. The van der Waals surface area contributed by atoms with Crippen LogP contribution in [0.25, 0.3) is 0 Å². The molecule has 0 radical (unpaired) electrons. The van der Waals surface area contributed by atoms with Gasteiger partial charge in [-0.1, -0.05) is 69.1 Å². The molecule has 0 unspecified atom stereocenters. The molecule has 1 atom stereocenters. The van der Waals surface area contributed by atoms with Crippen LogP contribution in [-0.4, -0.2) is 50.5 Å². The molecule has 7 nitrogen and oxygen atoms in total. The molecule has 0 saturated carbocycles. The minimum Gasteiger partial charge on any atom is -0.354 e. The average Bonchev–Trinajstić information content (AvgIpc) is 2.81. The lowest BCUT2D eigenvalue weighted by molar-refractivity contribution is -0.139. The number of halogens is 1. The third-order valence-electron chi connectivity index (χ3n) is 5.82. The van der Waals surface area contributed by atoms with Crippen LogP contribution in [0.2, 0.25) is 5.02 Å². The molecule has 0 aliphatic heterocycles. The smallest absolute Gasteiger partial charge is 0.244 e. The van der Waals surface area contributed by atoms with Crippen molar-refractivity contribution in [1.29, 1.82) is 0 Å². The number of hydrogen-bond donors (Lipinski definition) is 1. The van der Waals surface area contributed by atoms with E-state index < -0.39 is 28.5 Å². The maximum Gasteiger partial charge on any atom is 0.244 e. The van der Waals surface area contributed by atoms with Crippen LogP contribution in [0, 0.1) is 0 Å². The van der Waals surface area contributed by atoms with Crippen LogP contribution in [-0.2, 0) is 26.2 Å². The number of benzene rings is 2. The summed E-state index contributed by atoms with van der Waals surface area (Å²) in [5, 5.41) is 3.32. The first-order valence-corrected chi connectivity index (χ1v) is 14.1. The van der Waals surface area contributed by atoms with Gasteiger partial charge in [-0.25, -0.2) is 8.42 Å². The van der Waals surface area contributed by atoms with Crippen molar-refractivity contribution < 1.29 is 18.0 Å². The van der Waals surface area contributed by atoms with Gasteiger partial charge in [0.25, 0.3) is 0 Å². The predicted octanol–water partition coefficient (Wildman–Crippen LogP) is 4.56. The fraction of sp³-hybridized carbons (Fsp3) is 0.462. The largest absolute Gasteiger partial charge is 0.354 e. The Bertz CT molecular complexity index is 1100. The van der Waals surface area contributed by atoms with Gasteiger partial charge in [0.05, 0.1) is 11.9 Å². The van der Waals surface area contributed by atoms with Crippen molar-refractivity contribution in [2.45, 2.75) is 59.0 Å². The lowest BCUT2D eigenvalue weighted by atomic mass is 10.0. The number of anilines is 1. The van der Waals surface area contributed by atoms with Crippen LogP contribution in [0.4, 0.5) is 5.69 Å². The minimum atomic E-state index is -3.76. The highest BCUT2D eigenvalue weighted by Gasteiger charge is 2.30. The lowest BCUT2D eigenvalue weighted by Gasteiger charge is -2.31. The Morgan fingerprint density at radius 1 is 1.03 bits per heavy atom. The topological polar surface area (TPSA) is 86.8 Å². The van der Waals surface area contributed by atoms with Gasteiger partial charge in [-0.15, -0.1) is 0 Å². The molecule has 9 heteroatoms. The molecule has 2 aromatic carbocycles. The first-order chi connectivity index (χ1) is 16.5. The van der Waals surface area contributed by atoms with Gasteiger partial charge in [0.1, 0.15) is 12.6 Å². The Kier molecular flexibility index (Phi) is 10.6. The van der Waals surface area contributed by atoms with E-state index >= 15 is 0 Å². The molecule has 0 aromatic heterocycles. The summed E-state index contributed by atoms with van der Waals surface area (Å²) < 4.78 is 26.4. The zero-order valence-electron chi connectivity index (χ0n) is 21.1. The number of hydrogen-bond acceptors (Lipinski definition) is 4. The molecule has 192 valence electrons. The predicted molar refractivity (Wildman–Crippen MR) is 142 cm³/mol. The van der Waals surface area contributed by atoms with E-state index in [1.807, 2.05) is 32.9 Å². The monoisotopic (exact) mass is 521 g/mol. The van der Waals surface area contributed by atoms with Crippen LogP contribution in [0.5, 0.6) is 0 Å². The molecule has 0 bridgehead atoms. The molecule has 0 fully saturated rings. The van der Waals surface area contributed by atoms with E-state index in [-0.39, 0.29) is 18.4 Å². The van der Waals surface area contributed by atoms with Crippen LogP contribution in [0.15, 0.2) is 48.5 Å². The summed E-state index contributed by atoms with van der Waals surface area (Å²) >= 11 is 6.33. The van der Waals surface area contributed by atoms with Crippen molar-refractivity contribution >= 4 is 39.1 Å². The van der Waals surface area contributed by atoms with E-state index in [9.17, 15) is 18.0 Å². The number of carbonyl (C=O) groups is 2. The molecule has 2 amide bonds. The molecule has 0 aliphatic carbocycles. The number of rotatable bonds is 12. The molecular formula is C26H36ClN3O4S. The Balaban J connectivity index is 2.36. The summed E-state index contributed by atoms with van der Waals surface area (Å²) in [6, 6.07) is 13.4. The van der Waals surface area contributed by atoms with Crippen LogP contribution >= 0.6 is 11.6 Å². The van der Waals surface area contributed by atoms with Gasteiger partial charge in [0, 0.05) is 18.1 Å². The maximum atomic E-state index is 13.5. The zero-order chi connectivity index (χ0) is 26.2. The molecule has 0 aliphatic rings. The van der Waals surface area contributed by atoms with Crippen molar-refractivity contribution in [3.8, 4) is 0 Å². The summed E-state index contributed by atoms with van der Waals surface area (Å²) in [5.41, 5.74) is 2.12. The van der Waals surface area contributed by atoms with Gasteiger partial charge in [-0.2, -0.15) is 0 Å². The number of nitrogens with one attached hydrogen (secondary N) is 1. The highest BCUT2D eigenvalue weighted by Crippen LogP contribution is 2.23. The molecule has 1 N–H and O–H groups in total. The Morgan fingerprint density at radius 3 is 2.20 bits per heavy atom. The lowest BCUT2D eigenvalue weighted by Crippen LogP contribution is -2.51. The van der Waals surface area contributed by atoms with E-state index in [2.05, 4.69) is 5.32 Å². The number of amides is 2. The molecular weight excluding hydrogens is 486 g/mol. The zero-order valence-corrected chi connectivity index (χ0v) is 22.7. The van der Waals surface area contributed by atoms with Crippen molar-refractivity contribution in [1.82, 2.24) is 10.2 Å². The van der Waals surface area contributed by atoms with E-state index in [0.29, 0.717) is 22.8 Å².